The van der Waals surface area contributed by atoms with Gasteiger partial charge in [0.1, 0.15) is 30.3 Å². The van der Waals surface area contributed by atoms with Crippen LogP contribution in [0.1, 0.15) is 67.5 Å². The van der Waals surface area contributed by atoms with Gasteiger partial charge in [0.2, 0.25) is 5.78 Å². The molecule has 0 saturated carbocycles. The molecule has 0 spiro atoms. The van der Waals surface area contributed by atoms with E-state index in [0.717, 1.165) is 11.1 Å². The van der Waals surface area contributed by atoms with Gasteiger partial charge in [-0.3, -0.25) is 14.5 Å². The van der Waals surface area contributed by atoms with Crippen molar-refractivity contribution in [3.8, 4) is 11.6 Å². The van der Waals surface area contributed by atoms with Crippen LogP contribution in [0.25, 0.3) is 0 Å². The molecule has 0 amide bonds. The number of nitrogens with zero attached hydrogens (tertiary/aromatic N) is 2. The molecular weight excluding hydrogens is 664 g/mol. The molecule has 3 aliphatic rings. The quantitative estimate of drug-likeness (QED) is 0.183. The van der Waals surface area contributed by atoms with Crippen molar-refractivity contribution in [2.24, 2.45) is 11.8 Å². The molecule has 3 aliphatic carbocycles. The SMILES string of the molecule is COC(OC)c1cc(OCc2ccccc2)c2c(c1Cl)C[C@H]1C[C@H]3[C@H](N(C)C)c4onc(OCc5ccccc5)c4C(=O)[C@@]3(O)C(O)=C1C2=O. The first-order valence-electron chi connectivity index (χ1n) is 16.3. The van der Waals surface area contributed by atoms with Gasteiger partial charge in [0.05, 0.1) is 16.6 Å². The number of rotatable bonds is 10. The summed E-state index contributed by atoms with van der Waals surface area (Å²) in [7, 11) is 6.53. The van der Waals surface area contributed by atoms with Crippen LogP contribution in [-0.4, -0.2) is 65.8 Å². The molecule has 0 unspecified atom stereocenters. The van der Waals surface area contributed by atoms with Gasteiger partial charge in [0.25, 0.3) is 5.88 Å². The Morgan fingerprint density at radius 3 is 2.20 bits per heavy atom. The highest BCUT2D eigenvalue weighted by molar-refractivity contribution is 6.33. The van der Waals surface area contributed by atoms with Crippen molar-refractivity contribution < 1.29 is 43.3 Å². The zero-order chi connectivity index (χ0) is 35.3. The third-order valence-electron chi connectivity index (χ3n) is 9.98. The highest BCUT2D eigenvalue weighted by Gasteiger charge is 2.64. The molecule has 0 radical (unpaired) electrons. The Hall–Kier alpha value is -4.52. The normalized spacial score (nSPS) is 22.7. The van der Waals surface area contributed by atoms with Crippen molar-refractivity contribution >= 4 is 23.2 Å². The summed E-state index contributed by atoms with van der Waals surface area (Å²) in [5.41, 5.74) is 0.221. The van der Waals surface area contributed by atoms with Gasteiger partial charge in [0.15, 0.2) is 23.4 Å². The number of methoxy groups -OCH3 is 2. The highest BCUT2D eigenvalue weighted by Crippen LogP contribution is 2.57. The van der Waals surface area contributed by atoms with E-state index < -0.39 is 47.1 Å². The third kappa shape index (κ3) is 5.41. The van der Waals surface area contributed by atoms with Crippen LogP contribution >= 0.6 is 11.6 Å². The largest absolute Gasteiger partial charge is 0.508 e. The molecule has 0 fully saturated rings. The van der Waals surface area contributed by atoms with Crippen LogP contribution in [-0.2, 0) is 29.1 Å². The molecular formula is C38H37ClN2O9. The monoisotopic (exact) mass is 700 g/mol. The first-order chi connectivity index (χ1) is 24.1. The van der Waals surface area contributed by atoms with E-state index in [9.17, 15) is 19.8 Å². The van der Waals surface area contributed by atoms with Crippen LogP contribution in [0, 0.1) is 11.8 Å². The Morgan fingerprint density at radius 1 is 0.980 bits per heavy atom. The van der Waals surface area contributed by atoms with Crippen molar-refractivity contribution in [2.75, 3.05) is 28.3 Å². The van der Waals surface area contributed by atoms with E-state index in [0.29, 0.717) is 11.1 Å². The lowest BCUT2D eigenvalue weighted by Crippen LogP contribution is -2.59. The molecule has 4 atom stereocenters. The maximum absolute atomic E-state index is 14.6. The third-order valence-corrected chi connectivity index (χ3v) is 10.4. The van der Waals surface area contributed by atoms with Gasteiger partial charge in [-0.25, -0.2) is 0 Å². The van der Waals surface area contributed by atoms with Crippen LogP contribution in [0.15, 0.2) is 82.6 Å². The molecule has 1 aromatic heterocycles. The summed E-state index contributed by atoms with van der Waals surface area (Å²) in [4.78, 5) is 30.8. The standard InChI is InChI=1S/C38H37ClN2O9/c1-41(2)31-25-16-22-15-23-28(26(48-18-20-11-7-5-8-12-20)17-24(30(23)39)37(46-3)47-4)32(42)27(22)34(43)38(25,45)35(44)29-33(31)50-40-36(29)49-19-21-13-9-6-10-14-21/h5-14,17,22,25,31,37,43,45H,15-16,18-19H2,1-4H3/t22-,25-,31-,38-/m0/s1. The molecule has 3 aromatic carbocycles. The summed E-state index contributed by atoms with van der Waals surface area (Å²) in [5, 5.41) is 28.8. The number of Topliss-reactive ketones (excluding diaryl/α,β-unsaturated/α-hetero) is 2. The fraction of sp³-hybridized carbons (Fsp3) is 0.342. The lowest BCUT2D eigenvalue weighted by Gasteiger charge is -2.49. The summed E-state index contributed by atoms with van der Waals surface area (Å²) in [6.07, 6.45) is -0.486. The molecule has 260 valence electrons. The van der Waals surface area contributed by atoms with Crippen LogP contribution in [0.4, 0.5) is 0 Å². The maximum atomic E-state index is 14.6. The number of aliphatic hydroxyl groups is 2. The first-order valence-corrected chi connectivity index (χ1v) is 16.6. The molecule has 2 N–H and O–H groups in total. The summed E-state index contributed by atoms with van der Waals surface area (Å²) in [6.45, 7) is 0.227. The molecule has 12 heteroatoms. The number of halogens is 1. The van der Waals surface area contributed by atoms with Gasteiger partial charge in [-0.05, 0) is 60.8 Å². The molecule has 50 heavy (non-hydrogen) atoms. The van der Waals surface area contributed by atoms with Gasteiger partial charge < -0.3 is 33.7 Å². The number of aromatic nitrogens is 1. The minimum atomic E-state index is -2.47. The fourth-order valence-electron chi connectivity index (χ4n) is 7.67. The Bertz CT molecular complexity index is 1970. The second-order valence-corrected chi connectivity index (χ2v) is 13.4. The van der Waals surface area contributed by atoms with Crippen LogP contribution in [0.3, 0.4) is 0 Å². The van der Waals surface area contributed by atoms with Gasteiger partial charge in [0, 0.05) is 31.3 Å². The number of benzene rings is 3. The number of carbonyl (C=O) groups is 2. The Labute approximate surface area is 293 Å². The second-order valence-electron chi connectivity index (χ2n) is 13.0. The molecule has 0 saturated heterocycles. The van der Waals surface area contributed by atoms with E-state index in [1.165, 1.54) is 14.2 Å². The summed E-state index contributed by atoms with van der Waals surface area (Å²) in [5.74, 6) is -3.32. The lowest BCUT2D eigenvalue weighted by molar-refractivity contribution is -0.106. The van der Waals surface area contributed by atoms with Crippen molar-refractivity contribution in [1.82, 2.24) is 10.1 Å². The Morgan fingerprint density at radius 2 is 1.60 bits per heavy atom. The average molecular weight is 701 g/mol. The van der Waals surface area contributed by atoms with E-state index in [1.54, 1.807) is 25.1 Å². The average Bonchev–Trinajstić information content (AvgIpc) is 3.54. The van der Waals surface area contributed by atoms with Crippen LogP contribution in [0.5, 0.6) is 11.6 Å². The number of hydrogen-bond donors (Lipinski definition) is 2. The molecule has 4 aromatic rings. The van der Waals surface area contributed by atoms with E-state index in [2.05, 4.69) is 5.16 Å². The van der Waals surface area contributed by atoms with Crippen LogP contribution in [0.2, 0.25) is 5.02 Å². The lowest BCUT2D eigenvalue weighted by atomic mass is 9.58. The Balaban J connectivity index is 1.33. The van der Waals surface area contributed by atoms with E-state index in [4.69, 9.17) is 35.1 Å². The second kappa shape index (κ2) is 13.3. The fourth-order valence-corrected chi connectivity index (χ4v) is 7.99. The minimum absolute atomic E-state index is 0.0582. The van der Waals surface area contributed by atoms with Gasteiger partial charge >= 0.3 is 0 Å². The summed E-state index contributed by atoms with van der Waals surface area (Å²) < 4.78 is 29.0. The number of aliphatic hydroxyl groups excluding tert-OH is 1. The van der Waals surface area contributed by atoms with Crippen molar-refractivity contribution in [1.29, 1.82) is 0 Å². The molecule has 11 nitrogen and oxygen atoms in total. The minimum Gasteiger partial charge on any atom is -0.508 e. The zero-order valence-corrected chi connectivity index (χ0v) is 28.8. The highest BCUT2D eigenvalue weighted by atomic mass is 35.5. The number of carbonyl (C=O) groups excluding carboxylic acids is 2. The Kier molecular flexibility index (Phi) is 9.04. The van der Waals surface area contributed by atoms with Gasteiger partial charge in [-0.15, -0.1) is 0 Å². The molecule has 0 aliphatic heterocycles. The van der Waals surface area contributed by atoms with Crippen molar-refractivity contribution in [2.45, 2.75) is 44.0 Å². The smallest absolute Gasteiger partial charge is 0.265 e. The predicted octanol–water partition coefficient (Wildman–Crippen LogP) is 6.19. The maximum Gasteiger partial charge on any atom is 0.265 e. The molecule has 7 rings (SSSR count). The van der Waals surface area contributed by atoms with E-state index >= 15 is 0 Å². The number of fused-ring (bicyclic) bond motifs is 4. The first kappa shape index (κ1) is 34.0. The van der Waals surface area contributed by atoms with E-state index in [1.807, 2.05) is 60.7 Å². The summed E-state index contributed by atoms with van der Waals surface area (Å²) in [6, 6.07) is 19.7. The molecule has 0 bridgehead atoms. The van der Waals surface area contributed by atoms with Crippen LogP contribution < -0.4 is 9.47 Å². The van der Waals surface area contributed by atoms with Crippen molar-refractivity contribution in [3.05, 3.63) is 122 Å². The zero-order valence-electron chi connectivity index (χ0n) is 28.0. The number of hydrogen-bond acceptors (Lipinski definition) is 11. The predicted molar refractivity (Wildman–Crippen MR) is 181 cm³/mol. The number of ether oxygens (including phenoxy) is 4. The number of ketones is 2. The van der Waals surface area contributed by atoms with Gasteiger partial charge in [-0.2, -0.15) is 0 Å². The van der Waals surface area contributed by atoms with Gasteiger partial charge in [-0.1, -0.05) is 72.3 Å². The van der Waals surface area contributed by atoms with E-state index in [-0.39, 0.29) is 65.2 Å². The molecule has 1 heterocycles. The summed E-state index contributed by atoms with van der Waals surface area (Å²) >= 11 is 7.02. The number of allylic oxidation sites excluding steroid dienone is 1. The van der Waals surface area contributed by atoms with Crippen molar-refractivity contribution in [3.63, 3.8) is 0 Å². The topological polar surface area (TPSA) is 141 Å².